The highest BCUT2D eigenvalue weighted by Gasteiger charge is 2.46. The number of hydrogen-bond acceptors (Lipinski definition) is 3. The van der Waals surface area contributed by atoms with Crippen molar-refractivity contribution < 1.29 is 14.6 Å². The van der Waals surface area contributed by atoms with Crippen LogP contribution >= 0.6 is 0 Å². The van der Waals surface area contributed by atoms with Gasteiger partial charge in [0.25, 0.3) is 0 Å². The van der Waals surface area contributed by atoms with Gasteiger partial charge in [0.2, 0.25) is 0 Å². The van der Waals surface area contributed by atoms with E-state index in [1.807, 2.05) is 0 Å². The molecule has 2 aliphatic rings. The van der Waals surface area contributed by atoms with Gasteiger partial charge < -0.3 is 9.84 Å². The van der Waals surface area contributed by atoms with E-state index in [1.54, 1.807) is 0 Å². The van der Waals surface area contributed by atoms with E-state index >= 15 is 0 Å². The SMILES string of the molecule is CC(C)C(CC(=O)O)N1CC2(CCOCC2)C1. The van der Waals surface area contributed by atoms with Crippen molar-refractivity contribution in [2.45, 2.75) is 39.2 Å². The van der Waals surface area contributed by atoms with Gasteiger partial charge in [0, 0.05) is 37.8 Å². The molecule has 98 valence electrons. The Bertz CT molecular complexity index is 276. The molecule has 0 aromatic heterocycles. The number of nitrogens with zero attached hydrogens (tertiary/aromatic N) is 1. The second-order valence-corrected chi connectivity index (χ2v) is 5.93. The van der Waals surface area contributed by atoms with Crippen LogP contribution in [0.25, 0.3) is 0 Å². The Morgan fingerprint density at radius 1 is 1.35 bits per heavy atom. The third-order valence-electron chi connectivity index (χ3n) is 4.25. The summed E-state index contributed by atoms with van der Waals surface area (Å²) in [7, 11) is 0. The molecule has 2 fully saturated rings. The third-order valence-corrected chi connectivity index (χ3v) is 4.25. The summed E-state index contributed by atoms with van der Waals surface area (Å²) in [5.41, 5.74) is 0.434. The Hall–Kier alpha value is -0.610. The van der Waals surface area contributed by atoms with Crippen LogP contribution in [0.5, 0.6) is 0 Å². The van der Waals surface area contributed by atoms with Crippen LogP contribution in [0.3, 0.4) is 0 Å². The number of ether oxygens (including phenoxy) is 1. The number of carbonyl (C=O) groups is 1. The van der Waals surface area contributed by atoms with Crippen molar-refractivity contribution in [3.05, 3.63) is 0 Å². The minimum absolute atomic E-state index is 0.195. The van der Waals surface area contributed by atoms with Gasteiger partial charge in [-0.05, 0) is 18.8 Å². The molecule has 4 heteroatoms. The van der Waals surface area contributed by atoms with Crippen molar-refractivity contribution >= 4 is 5.97 Å². The summed E-state index contributed by atoms with van der Waals surface area (Å²) in [6.45, 7) is 8.10. The second kappa shape index (κ2) is 4.94. The first-order valence-electron chi connectivity index (χ1n) is 6.56. The van der Waals surface area contributed by atoms with Gasteiger partial charge in [-0.2, -0.15) is 0 Å². The highest BCUT2D eigenvalue weighted by molar-refractivity contribution is 5.67. The number of likely N-dealkylation sites (tertiary alicyclic amines) is 1. The minimum atomic E-state index is -0.684. The molecule has 1 spiro atoms. The molecule has 0 aromatic rings. The minimum Gasteiger partial charge on any atom is -0.481 e. The lowest BCUT2D eigenvalue weighted by Gasteiger charge is -2.55. The van der Waals surface area contributed by atoms with Crippen molar-refractivity contribution in [3.8, 4) is 0 Å². The summed E-state index contributed by atoms with van der Waals surface area (Å²) >= 11 is 0. The van der Waals surface area contributed by atoms with E-state index in [0.717, 1.165) is 39.1 Å². The lowest BCUT2D eigenvalue weighted by molar-refractivity contribution is -0.144. The van der Waals surface area contributed by atoms with Crippen molar-refractivity contribution in [1.82, 2.24) is 4.90 Å². The summed E-state index contributed by atoms with van der Waals surface area (Å²) in [5, 5.41) is 8.96. The summed E-state index contributed by atoms with van der Waals surface area (Å²) in [4.78, 5) is 13.2. The number of hydrogen-bond donors (Lipinski definition) is 1. The average molecular weight is 241 g/mol. The van der Waals surface area contributed by atoms with E-state index in [9.17, 15) is 4.79 Å². The van der Waals surface area contributed by atoms with Gasteiger partial charge in [0.15, 0.2) is 0 Å². The van der Waals surface area contributed by atoms with Gasteiger partial charge in [-0.15, -0.1) is 0 Å². The molecule has 2 rings (SSSR count). The molecule has 1 N–H and O–H groups in total. The zero-order valence-electron chi connectivity index (χ0n) is 10.8. The van der Waals surface area contributed by atoms with Gasteiger partial charge in [0.05, 0.1) is 6.42 Å². The quantitative estimate of drug-likeness (QED) is 0.812. The Morgan fingerprint density at radius 2 is 1.94 bits per heavy atom. The van der Waals surface area contributed by atoms with Crippen LogP contribution in [0.2, 0.25) is 0 Å². The molecule has 0 saturated carbocycles. The van der Waals surface area contributed by atoms with E-state index in [1.165, 1.54) is 0 Å². The molecule has 0 aliphatic carbocycles. The van der Waals surface area contributed by atoms with Crippen molar-refractivity contribution in [3.63, 3.8) is 0 Å². The summed E-state index contributed by atoms with van der Waals surface area (Å²) < 4.78 is 5.40. The van der Waals surface area contributed by atoms with Crippen LogP contribution in [-0.4, -0.2) is 48.3 Å². The molecule has 1 unspecified atom stereocenters. The molecule has 2 saturated heterocycles. The molecule has 17 heavy (non-hydrogen) atoms. The van der Waals surface area contributed by atoms with Crippen LogP contribution < -0.4 is 0 Å². The van der Waals surface area contributed by atoms with E-state index in [4.69, 9.17) is 9.84 Å². The molecular formula is C13H23NO3. The number of aliphatic carboxylic acids is 1. The Balaban J connectivity index is 1.89. The maximum Gasteiger partial charge on any atom is 0.304 e. The zero-order chi connectivity index (χ0) is 12.5. The van der Waals surface area contributed by atoms with Gasteiger partial charge in [-0.3, -0.25) is 9.69 Å². The molecule has 2 heterocycles. The molecule has 1 atom stereocenters. The lowest BCUT2D eigenvalue weighted by Crippen LogP contribution is -2.62. The smallest absolute Gasteiger partial charge is 0.304 e. The van der Waals surface area contributed by atoms with Crippen LogP contribution in [0.15, 0.2) is 0 Å². The topological polar surface area (TPSA) is 49.8 Å². The maximum absolute atomic E-state index is 10.9. The predicted octanol–water partition coefficient (Wildman–Crippen LogP) is 1.60. The van der Waals surface area contributed by atoms with Gasteiger partial charge >= 0.3 is 5.97 Å². The van der Waals surface area contributed by atoms with E-state index in [-0.39, 0.29) is 12.5 Å². The number of rotatable bonds is 4. The largest absolute Gasteiger partial charge is 0.481 e. The van der Waals surface area contributed by atoms with E-state index in [2.05, 4.69) is 18.7 Å². The van der Waals surface area contributed by atoms with Crippen molar-refractivity contribution in [2.24, 2.45) is 11.3 Å². The average Bonchev–Trinajstić information content (AvgIpc) is 2.23. The fraction of sp³-hybridized carbons (Fsp3) is 0.923. The Labute approximate surface area is 103 Å². The van der Waals surface area contributed by atoms with Gasteiger partial charge in [-0.25, -0.2) is 0 Å². The van der Waals surface area contributed by atoms with E-state index < -0.39 is 5.97 Å². The number of carboxylic acid groups (broad SMARTS) is 1. The summed E-state index contributed by atoms with van der Waals surface area (Å²) in [6, 6.07) is 0.195. The van der Waals surface area contributed by atoms with Crippen LogP contribution in [0, 0.1) is 11.3 Å². The van der Waals surface area contributed by atoms with Crippen LogP contribution in [-0.2, 0) is 9.53 Å². The fourth-order valence-corrected chi connectivity index (χ4v) is 3.14. The molecule has 0 bridgehead atoms. The maximum atomic E-state index is 10.9. The first-order chi connectivity index (χ1) is 8.02. The molecule has 4 nitrogen and oxygen atoms in total. The third kappa shape index (κ3) is 2.80. The van der Waals surface area contributed by atoms with Gasteiger partial charge in [-0.1, -0.05) is 13.8 Å². The first-order valence-corrected chi connectivity index (χ1v) is 6.56. The molecule has 0 radical (unpaired) electrons. The summed E-state index contributed by atoms with van der Waals surface area (Å²) in [5.74, 6) is -0.278. The van der Waals surface area contributed by atoms with E-state index in [0.29, 0.717) is 11.3 Å². The Kier molecular flexibility index (Phi) is 3.73. The first kappa shape index (κ1) is 12.8. The fourth-order valence-electron chi connectivity index (χ4n) is 3.14. The molecule has 2 aliphatic heterocycles. The highest BCUT2D eigenvalue weighted by atomic mass is 16.5. The van der Waals surface area contributed by atoms with Crippen LogP contribution in [0.4, 0.5) is 0 Å². The van der Waals surface area contributed by atoms with Gasteiger partial charge in [0.1, 0.15) is 0 Å². The predicted molar refractivity (Wildman–Crippen MR) is 64.9 cm³/mol. The molecule has 0 aromatic carbocycles. The molecular weight excluding hydrogens is 218 g/mol. The zero-order valence-corrected chi connectivity index (χ0v) is 10.8. The Morgan fingerprint density at radius 3 is 2.41 bits per heavy atom. The second-order valence-electron chi connectivity index (χ2n) is 5.93. The highest BCUT2D eigenvalue weighted by Crippen LogP contribution is 2.42. The monoisotopic (exact) mass is 241 g/mol. The standard InChI is InChI=1S/C13H23NO3/c1-10(2)11(7-12(15)16)14-8-13(9-14)3-5-17-6-4-13/h10-11H,3-9H2,1-2H3,(H,15,16). The van der Waals surface area contributed by atoms with Crippen molar-refractivity contribution in [2.75, 3.05) is 26.3 Å². The van der Waals surface area contributed by atoms with Crippen molar-refractivity contribution in [1.29, 1.82) is 0 Å². The summed E-state index contributed by atoms with van der Waals surface area (Å²) in [6.07, 6.45) is 2.55. The normalized spacial score (nSPS) is 25.8. The van der Waals surface area contributed by atoms with Crippen LogP contribution in [0.1, 0.15) is 33.1 Å². The molecule has 0 amide bonds. The lowest BCUT2D eigenvalue weighted by atomic mass is 9.72. The number of carboxylic acids is 1.